The van der Waals surface area contributed by atoms with E-state index < -0.39 is 40.2 Å². The molecule has 1 fully saturated rings. The molecule has 1 aromatic heterocycles. The van der Waals surface area contributed by atoms with E-state index in [2.05, 4.69) is 15.6 Å². The third-order valence-corrected chi connectivity index (χ3v) is 6.45. The molecule has 11 heteroatoms. The van der Waals surface area contributed by atoms with E-state index in [9.17, 15) is 23.1 Å². The summed E-state index contributed by atoms with van der Waals surface area (Å²) < 4.78 is 26.7. The fourth-order valence-corrected chi connectivity index (χ4v) is 4.69. The quantitative estimate of drug-likeness (QED) is 0.491. The summed E-state index contributed by atoms with van der Waals surface area (Å²) in [4.78, 5) is 27.4. The molecule has 1 aromatic rings. The van der Waals surface area contributed by atoms with Gasteiger partial charge in [-0.05, 0) is 37.3 Å². The second kappa shape index (κ2) is 9.99. The van der Waals surface area contributed by atoms with Gasteiger partial charge < -0.3 is 20.8 Å². The number of nitrogens with one attached hydrogen (secondary N) is 2. The number of carboxylic acid groups (broad SMARTS) is 1. The van der Waals surface area contributed by atoms with Crippen LogP contribution in [0.1, 0.15) is 33.1 Å². The van der Waals surface area contributed by atoms with Gasteiger partial charge in [-0.25, -0.2) is 18.2 Å². The Balaban J connectivity index is 2.07. The molecule has 2 rings (SSSR count). The Hall–Kier alpha value is -2.24. The van der Waals surface area contributed by atoms with Gasteiger partial charge in [0.05, 0.1) is 12.1 Å². The number of carbonyl (C=O) groups is 2. The second-order valence-corrected chi connectivity index (χ2v) is 9.37. The number of aromatic nitrogens is 1. The number of nitrogens with zero attached hydrogens (tertiary/aromatic N) is 2. The number of pyridine rings is 1. The summed E-state index contributed by atoms with van der Waals surface area (Å²) >= 11 is 0. The summed E-state index contributed by atoms with van der Waals surface area (Å²) in [6, 6.07) is 2.94. The molecular formula is C18H28N4O6S. The summed E-state index contributed by atoms with van der Waals surface area (Å²) in [5.74, 6) is -0.457. The molecule has 0 aliphatic carbocycles. The minimum Gasteiger partial charge on any atom is -0.465 e. The van der Waals surface area contributed by atoms with Crippen LogP contribution in [0.15, 0.2) is 29.4 Å². The zero-order valence-corrected chi connectivity index (χ0v) is 17.3. The average Bonchev–Trinajstić information content (AvgIpc) is 2.83. The van der Waals surface area contributed by atoms with Crippen molar-refractivity contribution in [1.82, 2.24) is 19.9 Å². The molecule has 0 bridgehead atoms. The first-order chi connectivity index (χ1) is 13.6. The van der Waals surface area contributed by atoms with Crippen LogP contribution in [0.25, 0.3) is 0 Å². The van der Waals surface area contributed by atoms with Gasteiger partial charge in [-0.3, -0.25) is 4.79 Å². The lowest BCUT2D eigenvalue weighted by molar-refractivity contribution is -0.125. The number of aliphatic hydroxyl groups excluding tert-OH is 1. The fourth-order valence-electron chi connectivity index (χ4n) is 3.26. The Morgan fingerprint density at radius 3 is 2.66 bits per heavy atom. The molecule has 3 atom stereocenters. The molecular weight excluding hydrogens is 400 g/mol. The Bertz CT molecular complexity index is 802. The van der Waals surface area contributed by atoms with Crippen LogP contribution in [0, 0.1) is 5.92 Å². The van der Waals surface area contributed by atoms with Crippen molar-refractivity contribution in [1.29, 1.82) is 0 Å². The predicted molar refractivity (Wildman–Crippen MR) is 105 cm³/mol. The maximum absolute atomic E-state index is 12.8. The number of carbonyl (C=O) groups excluding carboxylic acids is 1. The third kappa shape index (κ3) is 6.38. The average molecular weight is 429 g/mol. The Labute approximate surface area is 170 Å². The van der Waals surface area contributed by atoms with Gasteiger partial charge in [-0.15, -0.1) is 0 Å². The van der Waals surface area contributed by atoms with Gasteiger partial charge in [-0.2, -0.15) is 4.31 Å². The Morgan fingerprint density at radius 2 is 2.07 bits per heavy atom. The lowest BCUT2D eigenvalue weighted by Gasteiger charge is -2.27. The van der Waals surface area contributed by atoms with Crippen molar-refractivity contribution in [2.75, 3.05) is 13.1 Å². The van der Waals surface area contributed by atoms with Gasteiger partial charge in [0.25, 0.3) is 10.0 Å². The van der Waals surface area contributed by atoms with Gasteiger partial charge in [0.15, 0.2) is 5.03 Å². The van der Waals surface area contributed by atoms with E-state index in [0.29, 0.717) is 19.3 Å². The Kier molecular flexibility index (Phi) is 7.94. The van der Waals surface area contributed by atoms with Crippen molar-refractivity contribution in [3.8, 4) is 0 Å². The third-order valence-electron chi connectivity index (χ3n) is 4.67. The van der Waals surface area contributed by atoms with E-state index in [1.165, 1.54) is 12.3 Å². The van der Waals surface area contributed by atoms with Crippen LogP contribution < -0.4 is 10.6 Å². The number of amides is 2. The summed E-state index contributed by atoms with van der Waals surface area (Å²) in [5.41, 5.74) is 0. The van der Waals surface area contributed by atoms with Crippen LogP contribution in [0.2, 0.25) is 0 Å². The van der Waals surface area contributed by atoms with Crippen LogP contribution >= 0.6 is 0 Å². The highest BCUT2D eigenvalue weighted by atomic mass is 32.2. The number of hydrogen-bond acceptors (Lipinski definition) is 6. The second-order valence-electron chi connectivity index (χ2n) is 7.49. The van der Waals surface area contributed by atoms with Crippen LogP contribution in [0.5, 0.6) is 0 Å². The maximum atomic E-state index is 12.8. The highest BCUT2D eigenvalue weighted by Gasteiger charge is 2.35. The van der Waals surface area contributed by atoms with Crippen LogP contribution in [-0.4, -0.2) is 71.2 Å². The minimum absolute atomic E-state index is 0.0793. The standard InChI is InChI=1S/C18H28N4O6S/c1-12(2)10-14(21-18(25)26)17(24)20-13-6-5-9-22(11-15(13)23)29(27,28)16-7-3-4-8-19-16/h3-4,7-8,12-15,21,23H,5-6,9-11H2,1-2H3,(H,20,24)(H,25,26)/t13?,14-,15?/m0/s1. The van der Waals surface area contributed by atoms with Crippen molar-refractivity contribution in [2.45, 2.75) is 56.3 Å². The van der Waals surface area contributed by atoms with Crippen molar-refractivity contribution in [3.05, 3.63) is 24.4 Å². The van der Waals surface area contributed by atoms with Crippen molar-refractivity contribution in [2.24, 2.45) is 5.92 Å². The van der Waals surface area contributed by atoms with E-state index in [-0.39, 0.29) is 24.0 Å². The van der Waals surface area contributed by atoms with E-state index in [1.807, 2.05) is 13.8 Å². The number of aliphatic hydroxyl groups is 1. The lowest BCUT2D eigenvalue weighted by Crippen LogP contribution is -2.53. The summed E-state index contributed by atoms with van der Waals surface area (Å²) in [6.45, 7) is 3.73. The van der Waals surface area contributed by atoms with Crippen LogP contribution in [0.3, 0.4) is 0 Å². The smallest absolute Gasteiger partial charge is 0.405 e. The first-order valence-corrected chi connectivity index (χ1v) is 10.9. The van der Waals surface area contributed by atoms with E-state index >= 15 is 0 Å². The molecule has 1 aliphatic heterocycles. The first-order valence-electron chi connectivity index (χ1n) is 9.50. The summed E-state index contributed by atoms with van der Waals surface area (Å²) in [7, 11) is -3.86. The molecule has 0 radical (unpaired) electrons. The van der Waals surface area contributed by atoms with Crippen LogP contribution in [-0.2, 0) is 14.8 Å². The molecule has 0 aromatic carbocycles. The zero-order valence-electron chi connectivity index (χ0n) is 16.5. The summed E-state index contributed by atoms with van der Waals surface area (Å²) in [6.07, 6.45) is 0.0392. The largest absolute Gasteiger partial charge is 0.465 e. The Morgan fingerprint density at radius 1 is 1.34 bits per heavy atom. The van der Waals surface area contributed by atoms with Gasteiger partial charge in [-0.1, -0.05) is 19.9 Å². The van der Waals surface area contributed by atoms with Gasteiger partial charge in [0.2, 0.25) is 5.91 Å². The fraction of sp³-hybridized carbons (Fsp3) is 0.611. The van der Waals surface area contributed by atoms with E-state index in [1.54, 1.807) is 12.1 Å². The molecule has 10 nitrogen and oxygen atoms in total. The normalized spacial score (nSPS) is 21.9. The van der Waals surface area contributed by atoms with E-state index in [0.717, 1.165) is 4.31 Å². The van der Waals surface area contributed by atoms with Crippen molar-refractivity contribution in [3.63, 3.8) is 0 Å². The van der Waals surface area contributed by atoms with E-state index in [4.69, 9.17) is 5.11 Å². The monoisotopic (exact) mass is 428 g/mol. The highest BCUT2D eigenvalue weighted by Crippen LogP contribution is 2.19. The number of β-amino-alcohol motifs (C(OH)–C–C–N with tert-alkyl or cyclic N) is 1. The topological polar surface area (TPSA) is 149 Å². The maximum Gasteiger partial charge on any atom is 0.405 e. The molecule has 2 amide bonds. The van der Waals surface area contributed by atoms with Gasteiger partial charge in [0.1, 0.15) is 6.04 Å². The minimum atomic E-state index is -3.86. The number of rotatable bonds is 7. The molecule has 2 unspecified atom stereocenters. The number of hydrogen-bond donors (Lipinski definition) is 4. The van der Waals surface area contributed by atoms with Crippen LogP contribution in [0.4, 0.5) is 4.79 Å². The molecule has 0 saturated carbocycles. The zero-order chi connectivity index (χ0) is 21.6. The molecule has 0 spiro atoms. The predicted octanol–water partition coefficient (Wildman–Crippen LogP) is 0.394. The SMILES string of the molecule is CC(C)C[C@H](NC(=O)O)C(=O)NC1CCCN(S(=O)(=O)c2ccccn2)CC1O. The van der Waals surface area contributed by atoms with Crippen molar-refractivity contribution < 1.29 is 28.2 Å². The first kappa shape index (κ1) is 23.0. The molecule has 2 heterocycles. The number of sulfonamides is 1. The van der Waals surface area contributed by atoms with Crippen molar-refractivity contribution >= 4 is 22.0 Å². The van der Waals surface area contributed by atoms with Gasteiger partial charge >= 0.3 is 6.09 Å². The summed E-state index contributed by atoms with van der Waals surface area (Å²) in [5, 5.41) is 24.3. The molecule has 1 aliphatic rings. The molecule has 1 saturated heterocycles. The highest BCUT2D eigenvalue weighted by molar-refractivity contribution is 7.89. The molecule has 29 heavy (non-hydrogen) atoms. The van der Waals surface area contributed by atoms with Gasteiger partial charge in [0, 0.05) is 19.3 Å². The molecule has 4 N–H and O–H groups in total. The molecule has 162 valence electrons. The lowest BCUT2D eigenvalue weighted by atomic mass is 10.0.